The number of aromatic nitrogens is 6. The standard InChI is InChI=1S/C25H26N8O2/c1-16(2)35-23-12-19(5-6-22(23)32-7-9-34-10-8-32)29-24-25-26-15-28-33(25)14-21(30-24)17-3-4-18-13-27-31-20(18)11-17/h3-6,11-16H,7-10H2,1-2H3,(H,27,31)(H,29,30). The first kappa shape index (κ1) is 21.4. The van der Waals surface area contributed by atoms with Crippen molar-refractivity contribution in [2.45, 2.75) is 20.0 Å². The van der Waals surface area contributed by atoms with Crippen LogP contribution < -0.4 is 15.0 Å². The Morgan fingerprint density at radius 3 is 2.86 bits per heavy atom. The second-order valence-corrected chi connectivity index (χ2v) is 8.75. The maximum absolute atomic E-state index is 6.19. The monoisotopic (exact) mass is 470 g/mol. The lowest BCUT2D eigenvalue weighted by atomic mass is 10.1. The van der Waals surface area contributed by atoms with E-state index in [1.54, 1.807) is 10.7 Å². The zero-order chi connectivity index (χ0) is 23.8. The summed E-state index contributed by atoms with van der Waals surface area (Å²) in [4.78, 5) is 11.6. The van der Waals surface area contributed by atoms with Gasteiger partial charge >= 0.3 is 0 Å². The third kappa shape index (κ3) is 4.24. The van der Waals surface area contributed by atoms with Crippen molar-refractivity contribution < 1.29 is 9.47 Å². The molecule has 0 spiro atoms. The van der Waals surface area contributed by atoms with Crippen molar-refractivity contribution in [2.24, 2.45) is 0 Å². The molecule has 0 aliphatic carbocycles. The Hall–Kier alpha value is -4.18. The molecule has 10 nitrogen and oxygen atoms in total. The summed E-state index contributed by atoms with van der Waals surface area (Å²) in [5.74, 6) is 1.43. The predicted octanol–water partition coefficient (Wildman–Crippen LogP) is 4.04. The quantitative estimate of drug-likeness (QED) is 0.383. The van der Waals surface area contributed by atoms with Gasteiger partial charge in [0.15, 0.2) is 11.5 Å². The fourth-order valence-corrected chi connectivity index (χ4v) is 4.29. The molecule has 1 aliphatic rings. The van der Waals surface area contributed by atoms with E-state index in [1.807, 2.05) is 50.4 Å². The molecule has 3 aromatic heterocycles. The molecule has 5 aromatic rings. The Morgan fingerprint density at radius 2 is 2.00 bits per heavy atom. The van der Waals surface area contributed by atoms with Crippen LogP contribution in [0, 0.1) is 0 Å². The molecule has 178 valence electrons. The van der Waals surface area contributed by atoms with Crippen LogP contribution in [0.25, 0.3) is 27.8 Å². The minimum atomic E-state index is 0.0482. The van der Waals surface area contributed by atoms with E-state index in [0.29, 0.717) is 24.7 Å². The molecule has 2 N–H and O–H groups in total. The molecule has 1 fully saturated rings. The van der Waals surface area contributed by atoms with Crippen LogP contribution in [0.3, 0.4) is 0 Å². The lowest BCUT2D eigenvalue weighted by Gasteiger charge is -2.31. The zero-order valence-electron chi connectivity index (χ0n) is 19.6. The highest BCUT2D eigenvalue weighted by molar-refractivity contribution is 5.84. The Morgan fingerprint density at radius 1 is 1.11 bits per heavy atom. The molecule has 0 amide bonds. The lowest BCUT2D eigenvalue weighted by molar-refractivity contribution is 0.122. The highest BCUT2D eigenvalue weighted by Crippen LogP contribution is 2.34. The van der Waals surface area contributed by atoms with Crippen LogP contribution in [-0.2, 0) is 4.74 Å². The highest BCUT2D eigenvalue weighted by Gasteiger charge is 2.18. The summed E-state index contributed by atoms with van der Waals surface area (Å²) in [7, 11) is 0. The fraction of sp³-hybridized carbons (Fsp3) is 0.280. The molecular weight excluding hydrogens is 444 g/mol. The van der Waals surface area contributed by atoms with Gasteiger partial charge in [-0.15, -0.1) is 0 Å². The number of fused-ring (bicyclic) bond motifs is 2. The fourth-order valence-electron chi connectivity index (χ4n) is 4.29. The molecule has 35 heavy (non-hydrogen) atoms. The maximum atomic E-state index is 6.19. The number of benzene rings is 2. The van der Waals surface area contributed by atoms with Crippen LogP contribution >= 0.6 is 0 Å². The van der Waals surface area contributed by atoms with Crippen molar-refractivity contribution in [3.8, 4) is 17.0 Å². The van der Waals surface area contributed by atoms with Crippen molar-refractivity contribution in [1.29, 1.82) is 0 Å². The number of aromatic amines is 1. The number of nitrogens with zero attached hydrogens (tertiary/aromatic N) is 6. The van der Waals surface area contributed by atoms with Gasteiger partial charge in [-0.25, -0.2) is 14.5 Å². The molecule has 2 aromatic carbocycles. The minimum absolute atomic E-state index is 0.0482. The van der Waals surface area contributed by atoms with Crippen LogP contribution in [0.1, 0.15) is 13.8 Å². The smallest absolute Gasteiger partial charge is 0.198 e. The second-order valence-electron chi connectivity index (χ2n) is 8.75. The van der Waals surface area contributed by atoms with E-state index >= 15 is 0 Å². The van der Waals surface area contributed by atoms with Crippen molar-refractivity contribution in [3.05, 3.63) is 55.1 Å². The molecular formula is C25H26N8O2. The number of ether oxygens (including phenoxy) is 2. The SMILES string of the molecule is CC(C)Oc1cc(Nc2nc(-c3ccc4cn[nH]c4c3)cn3ncnc23)ccc1N1CCOCC1. The molecule has 1 saturated heterocycles. The van der Waals surface area contributed by atoms with Crippen molar-refractivity contribution in [3.63, 3.8) is 0 Å². The average Bonchev–Trinajstić information content (AvgIpc) is 3.53. The summed E-state index contributed by atoms with van der Waals surface area (Å²) in [6, 6.07) is 12.2. The molecule has 10 heteroatoms. The molecule has 0 unspecified atom stereocenters. The summed E-state index contributed by atoms with van der Waals surface area (Å²) < 4.78 is 13.4. The third-order valence-electron chi connectivity index (χ3n) is 5.94. The van der Waals surface area contributed by atoms with E-state index < -0.39 is 0 Å². The van der Waals surface area contributed by atoms with E-state index in [1.165, 1.54) is 6.33 Å². The average molecular weight is 471 g/mol. The first-order valence-corrected chi connectivity index (χ1v) is 11.7. The second kappa shape index (κ2) is 8.88. The van der Waals surface area contributed by atoms with Crippen LogP contribution in [0.15, 0.2) is 55.1 Å². The maximum Gasteiger partial charge on any atom is 0.198 e. The Labute approximate surface area is 201 Å². The zero-order valence-corrected chi connectivity index (χ0v) is 19.6. The van der Waals surface area contributed by atoms with E-state index in [2.05, 4.69) is 36.6 Å². The molecule has 4 heterocycles. The van der Waals surface area contributed by atoms with Gasteiger partial charge in [0, 0.05) is 35.8 Å². The van der Waals surface area contributed by atoms with Gasteiger partial charge in [-0.1, -0.05) is 12.1 Å². The van der Waals surface area contributed by atoms with E-state index in [9.17, 15) is 0 Å². The van der Waals surface area contributed by atoms with Gasteiger partial charge in [0.2, 0.25) is 0 Å². The van der Waals surface area contributed by atoms with Crippen molar-refractivity contribution in [2.75, 3.05) is 36.5 Å². The largest absolute Gasteiger partial charge is 0.489 e. The summed E-state index contributed by atoms with van der Waals surface area (Å²) in [6.45, 7) is 7.17. The molecule has 0 atom stereocenters. The van der Waals surface area contributed by atoms with Crippen LogP contribution in [0.5, 0.6) is 5.75 Å². The number of rotatable bonds is 6. The summed E-state index contributed by atoms with van der Waals surface area (Å²) >= 11 is 0. The number of H-pyrrole nitrogens is 1. The normalized spacial score (nSPS) is 14.2. The molecule has 6 rings (SSSR count). The van der Waals surface area contributed by atoms with E-state index in [4.69, 9.17) is 14.5 Å². The number of hydrogen-bond acceptors (Lipinski definition) is 8. The van der Waals surface area contributed by atoms with E-state index in [0.717, 1.165) is 52.4 Å². The van der Waals surface area contributed by atoms with E-state index in [-0.39, 0.29) is 6.10 Å². The summed E-state index contributed by atoms with van der Waals surface area (Å²) in [6.07, 6.45) is 5.25. The van der Waals surface area contributed by atoms with Gasteiger partial charge in [-0.2, -0.15) is 10.2 Å². The van der Waals surface area contributed by atoms with Gasteiger partial charge in [-0.05, 0) is 32.0 Å². The Balaban J connectivity index is 1.37. The van der Waals surface area contributed by atoms with Crippen LogP contribution in [0.2, 0.25) is 0 Å². The van der Waals surface area contributed by atoms with Gasteiger partial charge in [-0.3, -0.25) is 5.10 Å². The Kier molecular flexibility index (Phi) is 5.42. The predicted molar refractivity (Wildman–Crippen MR) is 134 cm³/mol. The van der Waals surface area contributed by atoms with Crippen molar-refractivity contribution >= 4 is 33.7 Å². The van der Waals surface area contributed by atoms with Crippen LogP contribution in [-0.4, -0.2) is 62.2 Å². The minimum Gasteiger partial charge on any atom is -0.489 e. The number of hydrogen-bond donors (Lipinski definition) is 2. The number of anilines is 3. The van der Waals surface area contributed by atoms with Gasteiger partial charge < -0.3 is 19.7 Å². The molecule has 0 saturated carbocycles. The third-order valence-corrected chi connectivity index (χ3v) is 5.94. The highest BCUT2D eigenvalue weighted by atomic mass is 16.5. The summed E-state index contributed by atoms with van der Waals surface area (Å²) in [5.41, 5.74) is 5.23. The van der Waals surface area contributed by atoms with Crippen LogP contribution in [0.4, 0.5) is 17.2 Å². The number of morpholine rings is 1. The lowest BCUT2D eigenvalue weighted by Crippen LogP contribution is -2.36. The van der Waals surface area contributed by atoms with Gasteiger partial charge in [0.1, 0.15) is 12.1 Å². The Bertz CT molecular complexity index is 1490. The van der Waals surface area contributed by atoms with Gasteiger partial charge in [0.25, 0.3) is 0 Å². The first-order chi connectivity index (χ1) is 17.1. The first-order valence-electron chi connectivity index (χ1n) is 11.7. The molecule has 0 radical (unpaired) electrons. The summed E-state index contributed by atoms with van der Waals surface area (Å²) in [5, 5.41) is 16.0. The topological polar surface area (TPSA) is 105 Å². The molecule has 1 aliphatic heterocycles. The molecule has 0 bridgehead atoms. The van der Waals surface area contributed by atoms with Gasteiger partial charge in [0.05, 0.1) is 48.6 Å². The van der Waals surface area contributed by atoms with Crippen molar-refractivity contribution in [1.82, 2.24) is 29.8 Å². The number of nitrogens with one attached hydrogen (secondary N) is 2.